The van der Waals surface area contributed by atoms with Crippen molar-refractivity contribution in [2.24, 2.45) is 0 Å². The largest absolute Gasteiger partial charge is 0.416 e. The first kappa shape index (κ1) is 22.1. The zero-order valence-corrected chi connectivity index (χ0v) is 17.8. The summed E-state index contributed by atoms with van der Waals surface area (Å²) in [5.74, 6) is -0.0458. The molecule has 0 spiro atoms. The minimum Gasteiger partial charge on any atom is -0.337 e. The molecule has 0 aliphatic carbocycles. The van der Waals surface area contributed by atoms with Crippen LogP contribution in [0.3, 0.4) is 0 Å². The van der Waals surface area contributed by atoms with Gasteiger partial charge in [-0.15, -0.1) is 0 Å². The van der Waals surface area contributed by atoms with E-state index in [0.29, 0.717) is 11.1 Å². The quantitative estimate of drug-likeness (QED) is 0.509. The molecule has 6 heteroatoms. The summed E-state index contributed by atoms with van der Waals surface area (Å²) in [7, 11) is 1.84. The molecule has 0 unspecified atom stereocenters. The van der Waals surface area contributed by atoms with Gasteiger partial charge in [-0.25, -0.2) is 0 Å². The van der Waals surface area contributed by atoms with Crippen LogP contribution in [0.4, 0.5) is 13.2 Å². The van der Waals surface area contributed by atoms with Crippen LogP contribution in [-0.4, -0.2) is 41.9 Å². The zero-order chi connectivity index (χ0) is 22.7. The number of carbonyl (C=O) groups excluding carboxylic acids is 1. The first-order valence-corrected chi connectivity index (χ1v) is 10.6. The van der Waals surface area contributed by atoms with Gasteiger partial charge in [-0.05, 0) is 47.4 Å². The third-order valence-corrected chi connectivity index (χ3v) is 6.04. The number of nitrogens with zero attached hydrogens (tertiary/aromatic N) is 2. The minimum absolute atomic E-state index is 0.0458. The summed E-state index contributed by atoms with van der Waals surface area (Å²) in [6.45, 7) is 2.66. The molecule has 1 atom stereocenters. The second-order valence-electron chi connectivity index (χ2n) is 8.23. The standard InChI is InChI=1S/C26H25F3N2O/c1-30(24-15-16-31(18-24)17-19-5-3-2-4-6-19)25(32)22-9-7-20(8-10-22)21-11-13-23(14-12-21)26(27,28)29/h2-14,24H,15-18H2,1H3/t24-/m1/s1. The van der Waals surface area contributed by atoms with E-state index in [9.17, 15) is 18.0 Å². The van der Waals surface area contributed by atoms with E-state index in [0.717, 1.165) is 43.8 Å². The second-order valence-corrected chi connectivity index (χ2v) is 8.23. The number of amides is 1. The van der Waals surface area contributed by atoms with Crippen molar-refractivity contribution in [3.8, 4) is 11.1 Å². The van der Waals surface area contributed by atoms with E-state index in [2.05, 4.69) is 17.0 Å². The normalized spacial score (nSPS) is 16.8. The summed E-state index contributed by atoms with van der Waals surface area (Å²) in [6, 6.07) is 22.5. The van der Waals surface area contributed by atoms with Crippen molar-refractivity contribution in [3.63, 3.8) is 0 Å². The average molecular weight is 438 g/mol. The molecule has 1 fully saturated rings. The predicted octanol–water partition coefficient (Wildman–Crippen LogP) is 5.72. The van der Waals surface area contributed by atoms with Crippen molar-refractivity contribution in [1.82, 2.24) is 9.80 Å². The molecule has 0 aromatic heterocycles. The Morgan fingerprint density at radius 1 is 0.938 bits per heavy atom. The van der Waals surface area contributed by atoms with Gasteiger partial charge < -0.3 is 4.90 Å². The van der Waals surface area contributed by atoms with Crippen LogP contribution in [0.2, 0.25) is 0 Å². The molecule has 166 valence electrons. The van der Waals surface area contributed by atoms with Crippen LogP contribution in [-0.2, 0) is 12.7 Å². The molecule has 0 saturated carbocycles. The van der Waals surface area contributed by atoms with E-state index in [1.807, 2.05) is 25.2 Å². The lowest BCUT2D eigenvalue weighted by molar-refractivity contribution is -0.137. The smallest absolute Gasteiger partial charge is 0.337 e. The van der Waals surface area contributed by atoms with Crippen LogP contribution in [0.1, 0.15) is 27.9 Å². The number of carbonyl (C=O) groups is 1. The van der Waals surface area contributed by atoms with Gasteiger partial charge in [-0.2, -0.15) is 13.2 Å². The Balaban J connectivity index is 1.38. The van der Waals surface area contributed by atoms with Gasteiger partial charge in [0.1, 0.15) is 0 Å². The topological polar surface area (TPSA) is 23.6 Å². The number of hydrogen-bond donors (Lipinski definition) is 0. The molecule has 1 aliphatic rings. The lowest BCUT2D eigenvalue weighted by atomic mass is 10.0. The average Bonchev–Trinajstić information content (AvgIpc) is 3.27. The fraction of sp³-hybridized carbons (Fsp3) is 0.269. The Hall–Kier alpha value is -3.12. The molecule has 0 radical (unpaired) electrons. The molecule has 1 saturated heterocycles. The lowest BCUT2D eigenvalue weighted by Crippen LogP contribution is -2.38. The number of likely N-dealkylation sites (N-methyl/N-ethyl adjacent to an activating group) is 1. The van der Waals surface area contributed by atoms with Gasteiger partial charge in [0.15, 0.2) is 0 Å². The Bertz CT molecular complexity index is 1050. The molecule has 1 aliphatic heterocycles. The fourth-order valence-electron chi connectivity index (χ4n) is 4.14. The van der Waals surface area contributed by atoms with Crippen molar-refractivity contribution in [1.29, 1.82) is 0 Å². The highest BCUT2D eigenvalue weighted by atomic mass is 19.4. The van der Waals surface area contributed by atoms with Crippen molar-refractivity contribution in [2.75, 3.05) is 20.1 Å². The molecular weight excluding hydrogens is 413 g/mol. The Morgan fingerprint density at radius 3 is 2.12 bits per heavy atom. The minimum atomic E-state index is -4.35. The SMILES string of the molecule is CN(C(=O)c1ccc(-c2ccc(C(F)(F)F)cc2)cc1)[C@@H]1CCN(Cc2ccccc2)C1. The van der Waals surface area contributed by atoms with Crippen LogP contribution in [0, 0.1) is 0 Å². The number of alkyl halides is 3. The summed E-state index contributed by atoms with van der Waals surface area (Å²) in [5.41, 5.74) is 2.61. The number of hydrogen-bond acceptors (Lipinski definition) is 2. The number of rotatable bonds is 5. The first-order chi connectivity index (χ1) is 15.3. The molecule has 3 aromatic rings. The number of halogens is 3. The van der Waals surface area contributed by atoms with Gasteiger partial charge in [0.05, 0.1) is 5.56 Å². The maximum atomic E-state index is 13.0. The maximum absolute atomic E-state index is 13.0. The van der Waals surface area contributed by atoms with Crippen LogP contribution < -0.4 is 0 Å². The van der Waals surface area contributed by atoms with Gasteiger partial charge in [-0.1, -0.05) is 54.6 Å². The van der Waals surface area contributed by atoms with Crippen LogP contribution in [0.25, 0.3) is 11.1 Å². The van der Waals surface area contributed by atoms with E-state index in [1.54, 1.807) is 29.2 Å². The van der Waals surface area contributed by atoms with Gasteiger partial charge in [0.2, 0.25) is 0 Å². The highest BCUT2D eigenvalue weighted by molar-refractivity contribution is 5.94. The summed E-state index contributed by atoms with van der Waals surface area (Å²) in [5, 5.41) is 0. The molecule has 0 N–H and O–H groups in total. The fourth-order valence-corrected chi connectivity index (χ4v) is 4.14. The van der Waals surface area contributed by atoms with Crippen molar-refractivity contribution < 1.29 is 18.0 Å². The molecule has 3 aromatic carbocycles. The summed E-state index contributed by atoms with van der Waals surface area (Å²) >= 11 is 0. The van der Waals surface area contributed by atoms with Crippen LogP contribution in [0.5, 0.6) is 0 Å². The summed E-state index contributed by atoms with van der Waals surface area (Å²) in [4.78, 5) is 17.1. The number of benzene rings is 3. The molecular formula is C26H25F3N2O. The highest BCUT2D eigenvalue weighted by Crippen LogP contribution is 2.31. The molecule has 1 heterocycles. The van der Waals surface area contributed by atoms with Crippen LogP contribution in [0.15, 0.2) is 78.9 Å². The molecule has 1 amide bonds. The molecule has 4 rings (SSSR count). The summed E-state index contributed by atoms with van der Waals surface area (Å²) in [6.07, 6.45) is -3.42. The maximum Gasteiger partial charge on any atom is 0.416 e. The van der Waals surface area contributed by atoms with E-state index >= 15 is 0 Å². The lowest BCUT2D eigenvalue weighted by Gasteiger charge is -2.25. The second kappa shape index (κ2) is 9.17. The highest BCUT2D eigenvalue weighted by Gasteiger charge is 2.30. The van der Waals surface area contributed by atoms with Gasteiger partial charge in [-0.3, -0.25) is 9.69 Å². The Morgan fingerprint density at radius 2 is 1.53 bits per heavy atom. The molecule has 32 heavy (non-hydrogen) atoms. The third-order valence-electron chi connectivity index (χ3n) is 6.04. The van der Waals surface area contributed by atoms with Crippen molar-refractivity contribution in [2.45, 2.75) is 25.2 Å². The molecule has 3 nitrogen and oxygen atoms in total. The van der Waals surface area contributed by atoms with Gasteiger partial charge >= 0.3 is 6.18 Å². The Kier molecular flexibility index (Phi) is 6.33. The van der Waals surface area contributed by atoms with E-state index in [4.69, 9.17) is 0 Å². The number of likely N-dealkylation sites (tertiary alicyclic amines) is 1. The Labute approximate surface area is 186 Å². The van der Waals surface area contributed by atoms with Gasteiger partial charge in [0.25, 0.3) is 5.91 Å². The third kappa shape index (κ3) is 5.02. The van der Waals surface area contributed by atoms with E-state index in [1.165, 1.54) is 17.7 Å². The zero-order valence-electron chi connectivity index (χ0n) is 17.8. The first-order valence-electron chi connectivity index (χ1n) is 10.6. The van der Waals surface area contributed by atoms with E-state index in [-0.39, 0.29) is 11.9 Å². The van der Waals surface area contributed by atoms with E-state index < -0.39 is 11.7 Å². The molecule has 0 bridgehead atoms. The monoisotopic (exact) mass is 438 g/mol. The van der Waals surface area contributed by atoms with Crippen molar-refractivity contribution >= 4 is 5.91 Å². The van der Waals surface area contributed by atoms with Crippen molar-refractivity contribution in [3.05, 3.63) is 95.6 Å². The van der Waals surface area contributed by atoms with Crippen LogP contribution >= 0.6 is 0 Å². The van der Waals surface area contributed by atoms with Gasteiger partial charge in [0, 0.05) is 38.3 Å². The predicted molar refractivity (Wildman–Crippen MR) is 119 cm³/mol. The summed E-state index contributed by atoms with van der Waals surface area (Å²) < 4.78 is 38.3.